The summed E-state index contributed by atoms with van der Waals surface area (Å²) in [6, 6.07) is 21.1. The molecule has 0 aromatic heterocycles. The van der Waals surface area contributed by atoms with Crippen molar-refractivity contribution in [2.24, 2.45) is 0 Å². The molecule has 0 saturated heterocycles. The molecule has 3 aromatic carbocycles. The van der Waals surface area contributed by atoms with Crippen LogP contribution in [0.5, 0.6) is 0 Å². The van der Waals surface area contributed by atoms with Crippen LogP contribution in [0.2, 0.25) is 0 Å². The minimum atomic E-state index is -0.985. The van der Waals surface area contributed by atoms with Gasteiger partial charge in [-0.25, -0.2) is 4.79 Å². The van der Waals surface area contributed by atoms with Gasteiger partial charge in [-0.1, -0.05) is 42.5 Å². The van der Waals surface area contributed by atoms with E-state index in [0.717, 1.165) is 11.1 Å². The summed E-state index contributed by atoms with van der Waals surface area (Å²) in [5, 5.41) is 18.2. The number of nitrogens with zero attached hydrogens (tertiary/aromatic N) is 1. The first-order valence-corrected chi connectivity index (χ1v) is 13.8. The Hall–Kier alpha value is -4.86. The quantitative estimate of drug-likeness (QED) is 0.286. The van der Waals surface area contributed by atoms with Crippen LogP contribution < -0.4 is 16.0 Å². The average molecular weight is 573 g/mol. The van der Waals surface area contributed by atoms with E-state index >= 15 is 0 Å². The van der Waals surface area contributed by atoms with Crippen molar-refractivity contribution in [1.29, 1.82) is 0 Å². The lowest BCUT2D eigenvalue weighted by Gasteiger charge is -2.24. The maximum absolute atomic E-state index is 13.5. The number of amides is 3. The van der Waals surface area contributed by atoms with E-state index < -0.39 is 29.6 Å². The maximum atomic E-state index is 13.5. The first-order chi connectivity index (χ1) is 20.0. The number of alkyl carbamates (subject to hydrolysis) is 1. The highest BCUT2D eigenvalue weighted by molar-refractivity contribution is 6.07. The van der Waals surface area contributed by atoms with Gasteiger partial charge in [-0.3, -0.25) is 14.4 Å². The first kappa shape index (κ1) is 30.1. The molecule has 3 amide bonds. The van der Waals surface area contributed by atoms with E-state index in [0.29, 0.717) is 35.5 Å². The molecule has 0 spiro atoms. The van der Waals surface area contributed by atoms with Crippen molar-refractivity contribution in [1.82, 2.24) is 10.2 Å². The van der Waals surface area contributed by atoms with Gasteiger partial charge in [0.1, 0.15) is 5.60 Å². The molecule has 1 heterocycles. The van der Waals surface area contributed by atoms with Crippen LogP contribution in [-0.2, 0) is 22.5 Å². The summed E-state index contributed by atoms with van der Waals surface area (Å²) in [6.07, 6.45) is -0.0901. The summed E-state index contributed by atoms with van der Waals surface area (Å²) >= 11 is 0. The molecule has 1 aliphatic rings. The summed E-state index contributed by atoms with van der Waals surface area (Å²) in [5.74, 6) is -1.61. The zero-order chi connectivity index (χ0) is 30.3. The molecule has 1 aliphatic heterocycles. The lowest BCUT2D eigenvalue weighted by Crippen LogP contribution is -2.39. The van der Waals surface area contributed by atoms with Crippen molar-refractivity contribution < 1.29 is 29.0 Å². The highest BCUT2D eigenvalue weighted by atomic mass is 16.6. The molecular formula is C32H36N4O6. The van der Waals surface area contributed by atoms with Gasteiger partial charge in [-0.15, -0.1) is 0 Å². The standard InChI is InChI=1S/C32H36N4O6/c1-32(2,3)42-31(41)33-19-22-10-7-11-24(16-22)35-29(39)23-12-13-26-27(17-23)34-25(18-28(37)38)20-36(30(26)40)15-14-21-8-5-4-6-9-21/h4-13,16-17,25,34H,14-15,18-20H2,1-3H3,(H,33,41)(H,35,39)(H,37,38)/t25-/m1/s1. The number of carbonyl (C=O) groups is 4. The Morgan fingerprint density at radius 2 is 1.74 bits per heavy atom. The fourth-order valence-electron chi connectivity index (χ4n) is 4.65. The second kappa shape index (κ2) is 13.2. The van der Waals surface area contributed by atoms with Crippen LogP contribution in [-0.4, -0.2) is 58.6 Å². The number of carboxylic acids is 1. The number of anilines is 2. The van der Waals surface area contributed by atoms with E-state index in [1.54, 1.807) is 62.1 Å². The third kappa shape index (κ3) is 8.57. The van der Waals surface area contributed by atoms with Gasteiger partial charge in [-0.2, -0.15) is 0 Å². The van der Waals surface area contributed by atoms with Crippen molar-refractivity contribution in [3.63, 3.8) is 0 Å². The molecule has 0 fully saturated rings. The van der Waals surface area contributed by atoms with Gasteiger partial charge in [0, 0.05) is 36.6 Å². The number of fused-ring (bicyclic) bond motifs is 1. The number of ether oxygens (including phenoxy) is 1. The predicted molar refractivity (Wildman–Crippen MR) is 160 cm³/mol. The summed E-state index contributed by atoms with van der Waals surface area (Å²) in [6.45, 7) is 6.22. The molecule has 42 heavy (non-hydrogen) atoms. The summed E-state index contributed by atoms with van der Waals surface area (Å²) in [7, 11) is 0. The molecule has 10 heteroatoms. The lowest BCUT2D eigenvalue weighted by molar-refractivity contribution is -0.137. The van der Waals surface area contributed by atoms with E-state index in [-0.39, 0.29) is 25.4 Å². The predicted octanol–water partition coefficient (Wildman–Crippen LogP) is 4.92. The molecule has 4 rings (SSSR count). The Morgan fingerprint density at radius 1 is 1.00 bits per heavy atom. The van der Waals surface area contributed by atoms with Crippen molar-refractivity contribution in [3.8, 4) is 0 Å². The lowest BCUT2D eigenvalue weighted by atomic mass is 10.1. The fourth-order valence-corrected chi connectivity index (χ4v) is 4.65. The molecule has 0 aliphatic carbocycles. The molecule has 220 valence electrons. The number of carboxylic acid groups (broad SMARTS) is 1. The number of hydrogen-bond acceptors (Lipinski definition) is 6. The van der Waals surface area contributed by atoms with Gasteiger partial charge in [0.25, 0.3) is 11.8 Å². The van der Waals surface area contributed by atoms with E-state index in [1.165, 1.54) is 0 Å². The van der Waals surface area contributed by atoms with Crippen molar-refractivity contribution in [3.05, 3.63) is 95.1 Å². The normalized spacial score (nSPS) is 14.7. The van der Waals surface area contributed by atoms with Crippen LogP contribution in [0.25, 0.3) is 0 Å². The Kier molecular flexibility index (Phi) is 9.46. The zero-order valence-electron chi connectivity index (χ0n) is 24.0. The number of benzene rings is 3. The van der Waals surface area contributed by atoms with E-state index in [4.69, 9.17) is 4.74 Å². The largest absolute Gasteiger partial charge is 0.481 e. The van der Waals surface area contributed by atoms with Crippen LogP contribution in [0.3, 0.4) is 0 Å². The minimum Gasteiger partial charge on any atom is -0.481 e. The topological polar surface area (TPSA) is 137 Å². The molecule has 4 N–H and O–H groups in total. The number of nitrogens with one attached hydrogen (secondary N) is 3. The van der Waals surface area contributed by atoms with Gasteiger partial charge in [0.15, 0.2) is 0 Å². The average Bonchev–Trinajstić information content (AvgIpc) is 3.05. The van der Waals surface area contributed by atoms with Crippen LogP contribution >= 0.6 is 0 Å². The molecule has 0 saturated carbocycles. The van der Waals surface area contributed by atoms with Crippen LogP contribution in [0.15, 0.2) is 72.8 Å². The van der Waals surface area contributed by atoms with E-state index in [9.17, 15) is 24.3 Å². The second-order valence-corrected chi connectivity index (χ2v) is 11.2. The molecular weight excluding hydrogens is 536 g/mol. The SMILES string of the molecule is CC(C)(C)OC(=O)NCc1cccc(NC(=O)c2ccc3c(c2)N[C@H](CC(=O)O)CN(CCc2ccccc2)C3=O)c1. The highest BCUT2D eigenvalue weighted by Gasteiger charge is 2.29. The number of hydrogen-bond donors (Lipinski definition) is 4. The minimum absolute atomic E-state index is 0.185. The number of rotatable bonds is 9. The van der Waals surface area contributed by atoms with Crippen molar-refractivity contribution in [2.75, 3.05) is 23.7 Å². The first-order valence-electron chi connectivity index (χ1n) is 13.8. The Balaban J connectivity index is 1.47. The number of aliphatic carboxylic acids is 1. The van der Waals surface area contributed by atoms with Gasteiger partial charge in [0.2, 0.25) is 0 Å². The summed E-state index contributed by atoms with van der Waals surface area (Å²) < 4.78 is 5.26. The van der Waals surface area contributed by atoms with Gasteiger partial charge < -0.3 is 30.7 Å². The zero-order valence-corrected chi connectivity index (χ0v) is 24.0. The van der Waals surface area contributed by atoms with Crippen LogP contribution in [0, 0.1) is 0 Å². The van der Waals surface area contributed by atoms with E-state index in [1.807, 2.05) is 36.4 Å². The third-order valence-corrected chi connectivity index (χ3v) is 6.55. The maximum Gasteiger partial charge on any atom is 0.407 e. The van der Waals surface area contributed by atoms with Gasteiger partial charge >= 0.3 is 12.1 Å². The van der Waals surface area contributed by atoms with Crippen LogP contribution in [0.1, 0.15) is 59.0 Å². The number of carbonyl (C=O) groups excluding carboxylic acids is 3. The molecule has 0 radical (unpaired) electrons. The van der Waals surface area contributed by atoms with Crippen molar-refractivity contribution in [2.45, 2.75) is 51.8 Å². The Bertz CT molecular complexity index is 1450. The van der Waals surface area contributed by atoms with Crippen molar-refractivity contribution >= 4 is 35.3 Å². The molecule has 3 aromatic rings. The summed E-state index contributed by atoms with van der Waals surface area (Å²) in [4.78, 5) is 51.9. The second-order valence-electron chi connectivity index (χ2n) is 11.2. The van der Waals surface area contributed by atoms with Gasteiger partial charge in [-0.05, 0) is 68.7 Å². The fraction of sp³-hybridized carbons (Fsp3) is 0.312. The van der Waals surface area contributed by atoms with Gasteiger partial charge in [0.05, 0.1) is 18.0 Å². The highest BCUT2D eigenvalue weighted by Crippen LogP contribution is 2.26. The monoisotopic (exact) mass is 572 g/mol. The van der Waals surface area contributed by atoms with E-state index in [2.05, 4.69) is 16.0 Å². The Labute approximate surface area is 245 Å². The molecule has 10 nitrogen and oxygen atoms in total. The van der Waals surface area contributed by atoms with Crippen LogP contribution in [0.4, 0.5) is 16.2 Å². The molecule has 0 bridgehead atoms. The third-order valence-electron chi connectivity index (χ3n) is 6.55. The molecule has 1 atom stereocenters. The smallest absolute Gasteiger partial charge is 0.407 e. The molecule has 0 unspecified atom stereocenters. The Morgan fingerprint density at radius 3 is 2.45 bits per heavy atom. The summed E-state index contributed by atoms with van der Waals surface area (Å²) in [5.41, 5.74) is 2.85.